The van der Waals surface area contributed by atoms with Crippen molar-refractivity contribution in [2.75, 3.05) is 13.1 Å². The predicted octanol–water partition coefficient (Wildman–Crippen LogP) is 0.894. The standard InChI is InChI=1S/C12H22N2O2/c1-9-2-3-11(16-9)4-5-12(15)14-7-6-10(13)8-14/h9-11H,2-8,13H2,1H3/t9?,10-,11?/m1/s1. The highest BCUT2D eigenvalue weighted by molar-refractivity contribution is 5.76. The van der Waals surface area contributed by atoms with Crippen LogP contribution in [0.25, 0.3) is 0 Å². The summed E-state index contributed by atoms with van der Waals surface area (Å²) in [4.78, 5) is 13.7. The molecule has 2 aliphatic heterocycles. The molecule has 0 aromatic rings. The van der Waals surface area contributed by atoms with Crippen molar-refractivity contribution in [2.24, 2.45) is 5.73 Å². The van der Waals surface area contributed by atoms with Gasteiger partial charge in [0.15, 0.2) is 0 Å². The fraction of sp³-hybridized carbons (Fsp3) is 0.917. The number of nitrogens with zero attached hydrogens (tertiary/aromatic N) is 1. The van der Waals surface area contributed by atoms with Crippen LogP contribution in [0.15, 0.2) is 0 Å². The van der Waals surface area contributed by atoms with Crippen LogP contribution in [0.5, 0.6) is 0 Å². The summed E-state index contributed by atoms with van der Waals surface area (Å²) in [7, 11) is 0. The van der Waals surface area contributed by atoms with Gasteiger partial charge in [0.25, 0.3) is 0 Å². The summed E-state index contributed by atoms with van der Waals surface area (Å²) < 4.78 is 5.70. The summed E-state index contributed by atoms with van der Waals surface area (Å²) in [6.07, 6.45) is 5.35. The lowest BCUT2D eigenvalue weighted by Crippen LogP contribution is -2.32. The van der Waals surface area contributed by atoms with Gasteiger partial charge in [-0.05, 0) is 32.6 Å². The van der Waals surface area contributed by atoms with Crippen LogP contribution in [-0.4, -0.2) is 42.1 Å². The summed E-state index contributed by atoms with van der Waals surface area (Å²) in [5.74, 6) is 0.246. The number of rotatable bonds is 3. The molecule has 2 heterocycles. The topological polar surface area (TPSA) is 55.6 Å². The molecule has 1 amide bonds. The second-order valence-electron chi connectivity index (χ2n) is 5.07. The fourth-order valence-electron chi connectivity index (χ4n) is 2.55. The Morgan fingerprint density at radius 3 is 2.81 bits per heavy atom. The Kier molecular flexibility index (Phi) is 3.82. The van der Waals surface area contributed by atoms with Crippen molar-refractivity contribution in [3.05, 3.63) is 0 Å². The van der Waals surface area contributed by atoms with Crippen LogP contribution in [0.3, 0.4) is 0 Å². The summed E-state index contributed by atoms with van der Waals surface area (Å²) in [5.41, 5.74) is 5.78. The molecule has 0 saturated carbocycles. The van der Waals surface area contributed by atoms with Crippen molar-refractivity contribution in [1.29, 1.82) is 0 Å². The molecule has 92 valence electrons. The van der Waals surface area contributed by atoms with Gasteiger partial charge in [-0.25, -0.2) is 0 Å². The zero-order valence-electron chi connectivity index (χ0n) is 10.0. The van der Waals surface area contributed by atoms with Gasteiger partial charge >= 0.3 is 0 Å². The van der Waals surface area contributed by atoms with Gasteiger partial charge in [0, 0.05) is 25.6 Å². The van der Waals surface area contributed by atoms with Gasteiger partial charge in [-0.1, -0.05) is 0 Å². The molecule has 0 bridgehead atoms. The van der Waals surface area contributed by atoms with E-state index in [0.29, 0.717) is 18.6 Å². The van der Waals surface area contributed by atoms with E-state index in [0.717, 1.165) is 38.8 Å². The average molecular weight is 226 g/mol. The quantitative estimate of drug-likeness (QED) is 0.777. The van der Waals surface area contributed by atoms with Gasteiger partial charge in [0.1, 0.15) is 0 Å². The lowest BCUT2D eigenvalue weighted by Gasteiger charge is -2.17. The Bertz CT molecular complexity index is 257. The Balaban J connectivity index is 1.68. The highest BCUT2D eigenvalue weighted by Crippen LogP contribution is 2.23. The molecule has 2 aliphatic rings. The van der Waals surface area contributed by atoms with Crippen molar-refractivity contribution in [1.82, 2.24) is 4.90 Å². The summed E-state index contributed by atoms with van der Waals surface area (Å²) >= 11 is 0. The van der Waals surface area contributed by atoms with Crippen molar-refractivity contribution in [3.8, 4) is 0 Å². The van der Waals surface area contributed by atoms with E-state index < -0.39 is 0 Å². The van der Waals surface area contributed by atoms with E-state index in [2.05, 4.69) is 6.92 Å². The molecular formula is C12H22N2O2. The molecule has 16 heavy (non-hydrogen) atoms. The number of hydrogen-bond donors (Lipinski definition) is 1. The first-order chi connectivity index (χ1) is 7.65. The number of likely N-dealkylation sites (tertiary alicyclic amines) is 1. The van der Waals surface area contributed by atoms with Gasteiger partial charge in [-0.2, -0.15) is 0 Å². The van der Waals surface area contributed by atoms with Crippen LogP contribution in [0, 0.1) is 0 Å². The van der Waals surface area contributed by atoms with Crippen molar-refractivity contribution in [3.63, 3.8) is 0 Å². The van der Waals surface area contributed by atoms with Crippen molar-refractivity contribution in [2.45, 2.75) is 57.3 Å². The summed E-state index contributed by atoms with van der Waals surface area (Å²) in [6.45, 7) is 3.67. The predicted molar refractivity (Wildman–Crippen MR) is 62.0 cm³/mol. The third-order valence-electron chi connectivity index (χ3n) is 3.58. The Morgan fingerprint density at radius 2 is 2.25 bits per heavy atom. The largest absolute Gasteiger partial charge is 0.375 e. The molecule has 3 atom stereocenters. The number of carbonyl (C=O) groups excluding carboxylic acids is 1. The van der Waals surface area contributed by atoms with Crippen LogP contribution < -0.4 is 5.73 Å². The molecule has 2 rings (SSSR count). The number of carbonyl (C=O) groups is 1. The SMILES string of the molecule is CC1CCC(CCC(=O)N2CC[C@@H](N)C2)O1. The molecule has 0 spiro atoms. The van der Waals surface area contributed by atoms with Crippen LogP contribution in [0.2, 0.25) is 0 Å². The van der Waals surface area contributed by atoms with E-state index >= 15 is 0 Å². The summed E-state index contributed by atoms with van der Waals surface area (Å²) in [6, 6.07) is 0.187. The first-order valence-electron chi connectivity index (χ1n) is 6.34. The number of hydrogen-bond acceptors (Lipinski definition) is 3. The Hall–Kier alpha value is -0.610. The minimum atomic E-state index is 0.187. The first-order valence-corrected chi connectivity index (χ1v) is 6.34. The molecule has 0 aromatic carbocycles. The maximum Gasteiger partial charge on any atom is 0.222 e. The van der Waals surface area contributed by atoms with Gasteiger partial charge in [-0.15, -0.1) is 0 Å². The second kappa shape index (κ2) is 5.15. The fourth-order valence-corrected chi connectivity index (χ4v) is 2.55. The van der Waals surface area contributed by atoms with E-state index in [1.807, 2.05) is 4.90 Å². The van der Waals surface area contributed by atoms with Crippen molar-refractivity contribution >= 4 is 5.91 Å². The molecule has 4 heteroatoms. The number of amides is 1. The third-order valence-corrected chi connectivity index (χ3v) is 3.58. The Labute approximate surface area is 97.1 Å². The lowest BCUT2D eigenvalue weighted by atomic mass is 10.1. The van der Waals surface area contributed by atoms with Gasteiger partial charge in [0.05, 0.1) is 12.2 Å². The number of ether oxygens (including phenoxy) is 1. The van der Waals surface area contributed by atoms with Gasteiger partial charge < -0.3 is 15.4 Å². The third kappa shape index (κ3) is 2.95. The highest BCUT2D eigenvalue weighted by Gasteiger charge is 2.26. The van der Waals surface area contributed by atoms with E-state index in [1.54, 1.807) is 0 Å². The zero-order chi connectivity index (χ0) is 11.5. The van der Waals surface area contributed by atoms with Crippen LogP contribution in [-0.2, 0) is 9.53 Å². The van der Waals surface area contributed by atoms with Gasteiger partial charge in [-0.3, -0.25) is 4.79 Å². The van der Waals surface area contributed by atoms with Crippen LogP contribution >= 0.6 is 0 Å². The lowest BCUT2D eigenvalue weighted by molar-refractivity contribution is -0.130. The number of nitrogens with two attached hydrogens (primary N) is 1. The van der Waals surface area contributed by atoms with Crippen LogP contribution in [0.4, 0.5) is 0 Å². The average Bonchev–Trinajstić information content (AvgIpc) is 2.84. The molecular weight excluding hydrogens is 204 g/mol. The van der Waals surface area contributed by atoms with E-state index in [4.69, 9.17) is 10.5 Å². The van der Waals surface area contributed by atoms with E-state index in [-0.39, 0.29) is 11.9 Å². The van der Waals surface area contributed by atoms with E-state index in [1.165, 1.54) is 0 Å². The smallest absolute Gasteiger partial charge is 0.222 e. The normalized spacial score (nSPS) is 34.6. The van der Waals surface area contributed by atoms with E-state index in [9.17, 15) is 4.79 Å². The molecule has 4 nitrogen and oxygen atoms in total. The molecule has 2 fully saturated rings. The minimum absolute atomic E-state index is 0.187. The maximum absolute atomic E-state index is 11.8. The molecule has 2 N–H and O–H groups in total. The Morgan fingerprint density at radius 1 is 1.44 bits per heavy atom. The zero-order valence-corrected chi connectivity index (χ0v) is 10.0. The second-order valence-corrected chi connectivity index (χ2v) is 5.07. The molecule has 0 radical (unpaired) electrons. The molecule has 0 aromatic heterocycles. The molecule has 2 unspecified atom stereocenters. The maximum atomic E-state index is 11.8. The molecule has 0 aliphatic carbocycles. The highest BCUT2D eigenvalue weighted by atomic mass is 16.5. The van der Waals surface area contributed by atoms with Gasteiger partial charge in [0.2, 0.25) is 5.91 Å². The first kappa shape index (κ1) is 11.9. The summed E-state index contributed by atoms with van der Waals surface area (Å²) in [5, 5.41) is 0. The van der Waals surface area contributed by atoms with Crippen molar-refractivity contribution < 1.29 is 9.53 Å². The van der Waals surface area contributed by atoms with Crippen LogP contribution in [0.1, 0.15) is 39.0 Å². The monoisotopic (exact) mass is 226 g/mol. The minimum Gasteiger partial charge on any atom is -0.375 e. The molecule has 2 saturated heterocycles.